The van der Waals surface area contributed by atoms with Gasteiger partial charge in [0, 0.05) is 17.9 Å². The molecule has 1 saturated heterocycles. The number of terminal acetylenes is 1. The van der Waals surface area contributed by atoms with E-state index in [-0.39, 0.29) is 6.04 Å². The largest absolute Gasteiger partial charge is 0.386 e. The second kappa shape index (κ2) is 6.05. The van der Waals surface area contributed by atoms with Crippen LogP contribution in [-0.2, 0) is 11.2 Å². The highest BCUT2D eigenvalue weighted by Gasteiger charge is 2.35. The van der Waals surface area contributed by atoms with Gasteiger partial charge in [-0.2, -0.15) is 0 Å². The summed E-state index contributed by atoms with van der Waals surface area (Å²) in [6.07, 6.45) is 6.97. The third-order valence-electron chi connectivity index (χ3n) is 3.78. The molecule has 2 rings (SSSR count). The second-order valence-corrected chi connectivity index (χ2v) is 5.72. The fourth-order valence-electron chi connectivity index (χ4n) is 2.52. The monoisotopic (exact) mass is 293 g/mol. The first-order valence-corrected chi connectivity index (χ1v) is 7.22. The Morgan fingerprint density at radius 3 is 2.95 bits per heavy atom. The van der Waals surface area contributed by atoms with Crippen molar-refractivity contribution >= 4 is 17.3 Å². The standard InChI is InChI=1S/C16H20ClNO2/c1-4-11-6-7-13(12(5-2)15(11)17)18-14-8-9-20-10-16(14,3)19/h1,6-7,14,18-19H,5,8-10H2,2-3H3. The van der Waals surface area contributed by atoms with Gasteiger partial charge in [-0.25, -0.2) is 0 Å². The van der Waals surface area contributed by atoms with Gasteiger partial charge in [-0.3, -0.25) is 0 Å². The molecule has 0 bridgehead atoms. The maximum Gasteiger partial charge on any atom is 0.105 e. The summed E-state index contributed by atoms with van der Waals surface area (Å²) in [5.74, 6) is 2.59. The molecule has 0 saturated carbocycles. The van der Waals surface area contributed by atoms with Crippen molar-refractivity contribution in [2.45, 2.75) is 38.3 Å². The number of ether oxygens (including phenoxy) is 1. The third kappa shape index (κ3) is 2.93. The molecule has 108 valence electrons. The van der Waals surface area contributed by atoms with Crippen LogP contribution in [0.15, 0.2) is 12.1 Å². The first-order valence-electron chi connectivity index (χ1n) is 6.84. The Morgan fingerprint density at radius 2 is 2.35 bits per heavy atom. The number of nitrogens with one attached hydrogen (secondary N) is 1. The van der Waals surface area contributed by atoms with E-state index >= 15 is 0 Å². The predicted octanol–water partition coefficient (Wildman–Crippen LogP) is 2.84. The van der Waals surface area contributed by atoms with Crippen LogP contribution < -0.4 is 5.32 Å². The highest BCUT2D eigenvalue weighted by Crippen LogP contribution is 2.31. The summed E-state index contributed by atoms with van der Waals surface area (Å²) in [6, 6.07) is 3.71. The molecule has 1 aliphatic rings. The average molecular weight is 294 g/mol. The van der Waals surface area contributed by atoms with Gasteiger partial charge in [0.25, 0.3) is 0 Å². The normalized spacial score (nSPS) is 26.1. The van der Waals surface area contributed by atoms with E-state index in [0.29, 0.717) is 23.8 Å². The van der Waals surface area contributed by atoms with Crippen molar-refractivity contribution in [1.29, 1.82) is 0 Å². The Bertz CT molecular complexity index is 534. The van der Waals surface area contributed by atoms with Crippen molar-refractivity contribution < 1.29 is 9.84 Å². The molecule has 3 nitrogen and oxygen atoms in total. The van der Waals surface area contributed by atoms with E-state index in [9.17, 15) is 5.11 Å². The van der Waals surface area contributed by atoms with Crippen LogP contribution in [0.25, 0.3) is 0 Å². The maximum absolute atomic E-state index is 10.4. The number of hydrogen-bond donors (Lipinski definition) is 2. The summed E-state index contributed by atoms with van der Waals surface area (Å²) >= 11 is 6.33. The van der Waals surface area contributed by atoms with Crippen LogP contribution in [0.3, 0.4) is 0 Å². The molecule has 0 radical (unpaired) electrons. The van der Waals surface area contributed by atoms with E-state index in [0.717, 1.165) is 24.1 Å². The van der Waals surface area contributed by atoms with Crippen molar-refractivity contribution in [2.75, 3.05) is 18.5 Å². The molecule has 20 heavy (non-hydrogen) atoms. The zero-order valence-corrected chi connectivity index (χ0v) is 12.6. The van der Waals surface area contributed by atoms with E-state index < -0.39 is 5.60 Å². The molecule has 0 amide bonds. The SMILES string of the molecule is C#Cc1ccc(NC2CCOCC2(C)O)c(CC)c1Cl. The predicted molar refractivity (Wildman–Crippen MR) is 82.2 cm³/mol. The fourth-order valence-corrected chi connectivity index (χ4v) is 2.87. The van der Waals surface area contributed by atoms with Gasteiger partial charge in [0.15, 0.2) is 0 Å². The summed E-state index contributed by atoms with van der Waals surface area (Å²) in [6.45, 7) is 4.80. The molecule has 1 aromatic carbocycles. The fraction of sp³-hybridized carbons (Fsp3) is 0.500. The summed E-state index contributed by atoms with van der Waals surface area (Å²) in [5.41, 5.74) is 1.74. The number of rotatable bonds is 3. The number of anilines is 1. The smallest absolute Gasteiger partial charge is 0.105 e. The molecule has 4 heteroatoms. The van der Waals surface area contributed by atoms with Crippen molar-refractivity contribution in [3.8, 4) is 12.3 Å². The zero-order valence-electron chi connectivity index (χ0n) is 11.9. The quantitative estimate of drug-likeness (QED) is 0.842. The van der Waals surface area contributed by atoms with Crippen LogP contribution >= 0.6 is 11.6 Å². The lowest BCUT2D eigenvalue weighted by Crippen LogP contribution is -2.52. The van der Waals surface area contributed by atoms with Crippen molar-refractivity contribution in [1.82, 2.24) is 0 Å². The Hall–Kier alpha value is -1.21. The lowest BCUT2D eigenvalue weighted by atomic mass is 9.92. The molecule has 2 N–H and O–H groups in total. The van der Waals surface area contributed by atoms with E-state index in [1.54, 1.807) is 6.92 Å². The Kier molecular flexibility index (Phi) is 4.59. The van der Waals surface area contributed by atoms with E-state index in [1.165, 1.54) is 0 Å². The van der Waals surface area contributed by atoms with E-state index in [1.807, 2.05) is 19.1 Å². The summed E-state index contributed by atoms with van der Waals surface area (Å²) in [5, 5.41) is 14.4. The highest BCUT2D eigenvalue weighted by molar-refractivity contribution is 6.33. The van der Waals surface area contributed by atoms with Gasteiger partial charge in [0.05, 0.1) is 17.7 Å². The molecule has 1 fully saturated rings. The summed E-state index contributed by atoms with van der Waals surface area (Å²) < 4.78 is 5.33. The molecule has 0 aromatic heterocycles. The molecule has 1 aromatic rings. The number of halogens is 1. The topological polar surface area (TPSA) is 41.5 Å². The molecular formula is C16H20ClNO2. The second-order valence-electron chi connectivity index (χ2n) is 5.35. The maximum atomic E-state index is 10.4. The van der Waals surface area contributed by atoms with Gasteiger partial charge < -0.3 is 15.2 Å². The highest BCUT2D eigenvalue weighted by atomic mass is 35.5. The van der Waals surface area contributed by atoms with Gasteiger partial charge in [-0.05, 0) is 37.5 Å². The van der Waals surface area contributed by atoms with Crippen LogP contribution in [0.5, 0.6) is 0 Å². The first kappa shape index (κ1) is 15.2. The van der Waals surface area contributed by atoms with Crippen molar-refractivity contribution in [3.63, 3.8) is 0 Å². The minimum absolute atomic E-state index is 0.0608. The number of hydrogen-bond acceptors (Lipinski definition) is 3. The van der Waals surface area contributed by atoms with Gasteiger partial charge in [0.2, 0.25) is 0 Å². The van der Waals surface area contributed by atoms with Crippen molar-refractivity contribution in [2.24, 2.45) is 0 Å². The summed E-state index contributed by atoms with van der Waals surface area (Å²) in [4.78, 5) is 0. The van der Waals surface area contributed by atoms with Gasteiger partial charge in [-0.1, -0.05) is 24.4 Å². The van der Waals surface area contributed by atoms with Crippen LogP contribution in [0.2, 0.25) is 5.02 Å². The van der Waals surface area contributed by atoms with Crippen LogP contribution in [0.4, 0.5) is 5.69 Å². The number of benzene rings is 1. The lowest BCUT2D eigenvalue weighted by Gasteiger charge is -2.38. The molecule has 1 heterocycles. The molecule has 1 aliphatic heterocycles. The van der Waals surface area contributed by atoms with E-state index in [4.69, 9.17) is 22.8 Å². The number of aliphatic hydroxyl groups is 1. The Balaban J connectivity index is 2.30. The molecule has 2 unspecified atom stereocenters. The van der Waals surface area contributed by atoms with Crippen molar-refractivity contribution in [3.05, 3.63) is 28.3 Å². The molecular weight excluding hydrogens is 274 g/mol. The van der Waals surface area contributed by atoms with Gasteiger partial charge in [-0.15, -0.1) is 6.42 Å². The van der Waals surface area contributed by atoms with Gasteiger partial charge in [0.1, 0.15) is 5.60 Å². The molecule has 2 atom stereocenters. The minimum atomic E-state index is -0.888. The molecule has 0 spiro atoms. The lowest BCUT2D eigenvalue weighted by molar-refractivity contribution is -0.0812. The first-order chi connectivity index (χ1) is 9.49. The molecule has 0 aliphatic carbocycles. The van der Waals surface area contributed by atoms with Crippen LogP contribution in [0.1, 0.15) is 31.4 Å². The third-order valence-corrected chi connectivity index (χ3v) is 4.21. The van der Waals surface area contributed by atoms with Crippen LogP contribution in [0, 0.1) is 12.3 Å². The summed E-state index contributed by atoms with van der Waals surface area (Å²) in [7, 11) is 0. The average Bonchev–Trinajstić information content (AvgIpc) is 2.41. The van der Waals surface area contributed by atoms with Crippen LogP contribution in [-0.4, -0.2) is 30.0 Å². The Morgan fingerprint density at radius 1 is 1.60 bits per heavy atom. The van der Waals surface area contributed by atoms with E-state index in [2.05, 4.69) is 11.2 Å². The van der Waals surface area contributed by atoms with Gasteiger partial charge >= 0.3 is 0 Å². The zero-order chi connectivity index (χ0) is 14.8. The minimum Gasteiger partial charge on any atom is -0.386 e. The Labute approximate surface area is 125 Å².